The molecule has 2 rings (SSSR count). The van der Waals surface area contributed by atoms with E-state index in [1.165, 1.54) is 6.07 Å². The van der Waals surface area contributed by atoms with Crippen molar-refractivity contribution in [2.75, 3.05) is 7.11 Å². The molecule has 0 bridgehead atoms. The summed E-state index contributed by atoms with van der Waals surface area (Å²) in [6, 6.07) is 13.0. The van der Waals surface area contributed by atoms with Crippen molar-refractivity contribution in [1.29, 1.82) is 0 Å². The van der Waals surface area contributed by atoms with E-state index in [1.807, 2.05) is 37.3 Å². The lowest BCUT2D eigenvalue weighted by Crippen LogP contribution is -2.19. The summed E-state index contributed by atoms with van der Waals surface area (Å²) in [6.45, 7) is 4.72. The summed E-state index contributed by atoms with van der Waals surface area (Å²) in [7, 11) is 1.68. The molecule has 1 atom stereocenters. The highest BCUT2D eigenvalue weighted by Gasteiger charge is 2.10. The third-order valence-corrected chi connectivity index (χ3v) is 3.51. The van der Waals surface area contributed by atoms with Gasteiger partial charge in [-0.3, -0.25) is 0 Å². The minimum absolute atomic E-state index is 0.163. The molecule has 3 heteroatoms. The highest BCUT2D eigenvalue weighted by molar-refractivity contribution is 5.35. The number of hydrogen-bond acceptors (Lipinski definition) is 2. The quantitative estimate of drug-likeness (QED) is 0.889. The molecule has 0 saturated heterocycles. The van der Waals surface area contributed by atoms with Gasteiger partial charge in [0.15, 0.2) is 0 Å². The second kappa shape index (κ2) is 6.53. The summed E-state index contributed by atoms with van der Waals surface area (Å²) in [4.78, 5) is 0. The van der Waals surface area contributed by atoms with E-state index in [-0.39, 0.29) is 11.9 Å². The van der Waals surface area contributed by atoms with Crippen LogP contribution in [0.15, 0.2) is 42.5 Å². The number of halogens is 1. The minimum Gasteiger partial charge on any atom is -0.496 e. The number of aryl methyl sites for hydroxylation is 1. The maximum absolute atomic E-state index is 13.1. The summed E-state index contributed by atoms with van der Waals surface area (Å²) in [5.74, 6) is 0.687. The van der Waals surface area contributed by atoms with Crippen LogP contribution in [0.1, 0.15) is 29.7 Å². The van der Waals surface area contributed by atoms with Crippen molar-refractivity contribution in [2.24, 2.45) is 0 Å². The predicted octanol–water partition coefficient (Wildman–Crippen LogP) is 3.99. The van der Waals surface area contributed by atoms with Crippen LogP contribution in [-0.2, 0) is 6.54 Å². The first-order valence-electron chi connectivity index (χ1n) is 6.73. The van der Waals surface area contributed by atoms with Crippen molar-refractivity contribution < 1.29 is 9.13 Å². The van der Waals surface area contributed by atoms with Crippen LogP contribution in [0.4, 0.5) is 4.39 Å². The van der Waals surface area contributed by atoms with Crippen molar-refractivity contribution in [3.8, 4) is 5.75 Å². The van der Waals surface area contributed by atoms with Crippen LogP contribution in [0.5, 0.6) is 5.75 Å². The van der Waals surface area contributed by atoms with Crippen molar-refractivity contribution >= 4 is 0 Å². The van der Waals surface area contributed by atoms with Gasteiger partial charge in [0.2, 0.25) is 0 Å². The molecule has 0 fully saturated rings. The number of rotatable bonds is 5. The van der Waals surface area contributed by atoms with Gasteiger partial charge < -0.3 is 10.1 Å². The topological polar surface area (TPSA) is 21.3 Å². The van der Waals surface area contributed by atoms with Gasteiger partial charge in [-0.25, -0.2) is 4.39 Å². The van der Waals surface area contributed by atoms with Crippen LogP contribution in [0.3, 0.4) is 0 Å². The standard InChI is InChI=1S/C17H20FNO/c1-12-10-15(18)9-8-14(12)11-19-13(2)16-6-4-5-7-17(16)20-3/h4-10,13,19H,11H2,1-3H3/t13-/m1/s1. The van der Waals surface area contributed by atoms with Crippen LogP contribution < -0.4 is 10.1 Å². The average molecular weight is 273 g/mol. The first kappa shape index (κ1) is 14.5. The Morgan fingerprint density at radius 3 is 2.65 bits per heavy atom. The molecule has 0 saturated carbocycles. The van der Waals surface area contributed by atoms with E-state index in [4.69, 9.17) is 4.74 Å². The zero-order valence-corrected chi connectivity index (χ0v) is 12.1. The number of methoxy groups -OCH3 is 1. The molecule has 1 N–H and O–H groups in total. The molecule has 0 unspecified atom stereocenters. The number of benzene rings is 2. The Balaban J connectivity index is 2.06. The lowest BCUT2D eigenvalue weighted by atomic mass is 10.1. The Hall–Kier alpha value is -1.87. The van der Waals surface area contributed by atoms with Gasteiger partial charge in [0, 0.05) is 18.2 Å². The van der Waals surface area contributed by atoms with Gasteiger partial charge in [-0.15, -0.1) is 0 Å². The third-order valence-electron chi connectivity index (χ3n) is 3.51. The summed E-state index contributed by atoms with van der Waals surface area (Å²) < 4.78 is 18.4. The first-order chi connectivity index (χ1) is 9.61. The smallest absolute Gasteiger partial charge is 0.123 e. The molecule has 2 aromatic rings. The van der Waals surface area contributed by atoms with E-state index in [1.54, 1.807) is 13.2 Å². The van der Waals surface area contributed by atoms with Crippen LogP contribution in [0, 0.1) is 12.7 Å². The molecule has 2 aromatic carbocycles. The van der Waals surface area contributed by atoms with Gasteiger partial charge >= 0.3 is 0 Å². The number of hydrogen-bond donors (Lipinski definition) is 1. The zero-order chi connectivity index (χ0) is 14.5. The van der Waals surface area contributed by atoms with Crippen molar-refractivity contribution in [2.45, 2.75) is 26.4 Å². The summed E-state index contributed by atoms with van der Waals surface area (Å²) in [5.41, 5.74) is 3.19. The van der Waals surface area contributed by atoms with Gasteiger partial charge in [-0.2, -0.15) is 0 Å². The van der Waals surface area contributed by atoms with E-state index < -0.39 is 0 Å². The van der Waals surface area contributed by atoms with E-state index >= 15 is 0 Å². The minimum atomic E-state index is -0.191. The van der Waals surface area contributed by atoms with Gasteiger partial charge in [0.05, 0.1) is 7.11 Å². The van der Waals surface area contributed by atoms with Crippen LogP contribution in [-0.4, -0.2) is 7.11 Å². The van der Waals surface area contributed by atoms with E-state index in [9.17, 15) is 4.39 Å². The average Bonchev–Trinajstić information content (AvgIpc) is 2.46. The largest absolute Gasteiger partial charge is 0.496 e. The fourth-order valence-electron chi connectivity index (χ4n) is 2.25. The monoisotopic (exact) mass is 273 g/mol. The lowest BCUT2D eigenvalue weighted by Gasteiger charge is -2.18. The molecule has 0 aliphatic rings. The van der Waals surface area contributed by atoms with E-state index in [2.05, 4.69) is 12.2 Å². The maximum atomic E-state index is 13.1. The summed E-state index contributed by atoms with van der Waals surface area (Å²) >= 11 is 0. The fraction of sp³-hybridized carbons (Fsp3) is 0.294. The van der Waals surface area contributed by atoms with Crippen LogP contribution in [0.2, 0.25) is 0 Å². The van der Waals surface area contributed by atoms with Gasteiger partial charge in [-0.05, 0) is 43.2 Å². The van der Waals surface area contributed by atoms with Crippen molar-refractivity contribution in [3.63, 3.8) is 0 Å². The Kier molecular flexibility index (Phi) is 4.74. The zero-order valence-electron chi connectivity index (χ0n) is 12.1. The summed E-state index contributed by atoms with van der Waals surface area (Å²) in [6.07, 6.45) is 0. The number of para-hydroxylation sites is 1. The van der Waals surface area contributed by atoms with E-state index in [0.717, 1.165) is 22.4 Å². The number of ether oxygens (including phenoxy) is 1. The molecule has 0 aromatic heterocycles. The van der Waals surface area contributed by atoms with Crippen molar-refractivity contribution in [3.05, 3.63) is 65.0 Å². The second-order valence-corrected chi connectivity index (χ2v) is 4.92. The molecule has 0 aliphatic carbocycles. The Labute approximate surface area is 119 Å². The van der Waals surface area contributed by atoms with Crippen molar-refractivity contribution in [1.82, 2.24) is 5.32 Å². The Morgan fingerprint density at radius 2 is 1.95 bits per heavy atom. The molecule has 20 heavy (non-hydrogen) atoms. The third kappa shape index (κ3) is 3.36. The molecule has 0 heterocycles. The Bertz CT molecular complexity index is 583. The SMILES string of the molecule is COc1ccccc1[C@@H](C)NCc1ccc(F)cc1C. The normalized spacial score (nSPS) is 12.2. The first-order valence-corrected chi connectivity index (χ1v) is 6.73. The molecule has 0 radical (unpaired) electrons. The highest BCUT2D eigenvalue weighted by atomic mass is 19.1. The van der Waals surface area contributed by atoms with Gasteiger partial charge in [0.1, 0.15) is 11.6 Å². The molecular weight excluding hydrogens is 253 g/mol. The molecule has 0 aliphatic heterocycles. The molecule has 0 spiro atoms. The van der Waals surface area contributed by atoms with Crippen LogP contribution in [0.25, 0.3) is 0 Å². The predicted molar refractivity (Wildman–Crippen MR) is 79.4 cm³/mol. The van der Waals surface area contributed by atoms with Gasteiger partial charge in [0.25, 0.3) is 0 Å². The highest BCUT2D eigenvalue weighted by Crippen LogP contribution is 2.24. The fourth-order valence-corrected chi connectivity index (χ4v) is 2.25. The lowest BCUT2D eigenvalue weighted by molar-refractivity contribution is 0.401. The second-order valence-electron chi connectivity index (χ2n) is 4.92. The van der Waals surface area contributed by atoms with Gasteiger partial charge in [-0.1, -0.05) is 24.3 Å². The molecule has 0 amide bonds. The molecule has 106 valence electrons. The number of nitrogens with one attached hydrogen (secondary N) is 1. The summed E-state index contributed by atoms with van der Waals surface area (Å²) in [5, 5.41) is 3.45. The Morgan fingerprint density at radius 1 is 1.20 bits per heavy atom. The molecule has 2 nitrogen and oxygen atoms in total. The van der Waals surface area contributed by atoms with E-state index in [0.29, 0.717) is 6.54 Å². The molecular formula is C17H20FNO. The van der Waals surface area contributed by atoms with Crippen LogP contribution >= 0.6 is 0 Å². The maximum Gasteiger partial charge on any atom is 0.123 e.